The number of anilines is 1. The van der Waals surface area contributed by atoms with E-state index in [1.54, 1.807) is 45.0 Å². The molecule has 41 heavy (non-hydrogen) atoms. The fourth-order valence-electron chi connectivity index (χ4n) is 3.92. The van der Waals surface area contributed by atoms with Crippen LogP contribution in [0.4, 0.5) is 11.4 Å². The Morgan fingerprint density at radius 1 is 0.976 bits per heavy atom. The van der Waals surface area contributed by atoms with Crippen LogP contribution in [0.3, 0.4) is 0 Å². The number of non-ortho nitro benzene ring substituents is 1. The molecule has 1 unspecified atom stereocenters. The van der Waals surface area contributed by atoms with Gasteiger partial charge in [-0.3, -0.25) is 24.0 Å². The van der Waals surface area contributed by atoms with Gasteiger partial charge in [0.25, 0.3) is 15.7 Å². The van der Waals surface area contributed by atoms with Gasteiger partial charge in [-0.1, -0.05) is 53.5 Å². The molecule has 0 aromatic heterocycles. The van der Waals surface area contributed by atoms with E-state index >= 15 is 0 Å². The lowest BCUT2D eigenvalue weighted by molar-refractivity contribution is -0.384. The van der Waals surface area contributed by atoms with E-state index < -0.39 is 44.9 Å². The van der Waals surface area contributed by atoms with E-state index in [0.29, 0.717) is 5.56 Å². The highest BCUT2D eigenvalue weighted by molar-refractivity contribution is 7.92. The second-order valence-electron chi connectivity index (χ2n) is 10.2. The van der Waals surface area contributed by atoms with Crippen molar-refractivity contribution in [3.05, 3.63) is 98.5 Å². The molecule has 0 saturated heterocycles. The summed E-state index contributed by atoms with van der Waals surface area (Å²) in [6, 6.07) is 16.1. The number of nitrogens with zero attached hydrogens (tertiary/aromatic N) is 3. The van der Waals surface area contributed by atoms with E-state index in [2.05, 4.69) is 5.32 Å². The van der Waals surface area contributed by atoms with Gasteiger partial charge in [0.2, 0.25) is 11.8 Å². The summed E-state index contributed by atoms with van der Waals surface area (Å²) in [6.45, 7) is 5.88. The maximum absolute atomic E-state index is 14.0. The third kappa shape index (κ3) is 7.96. The Morgan fingerprint density at radius 2 is 1.56 bits per heavy atom. The average Bonchev–Trinajstić information content (AvgIpc) is 2.90. The Bertz CT molecular complexity index is 1520. The first-order chi connectivity index (χ1) is 19.1. The van der Waals surface area contributed by atoms with Crippen LogP contribution in [0.15, 0.2) is 77.7 Å². The fourth-order valence-corrected chi connectivity index (χ4v) is 5.86. The summed E-state index contributed by atoms with van der Waals surface area (Å²) in [5.74, 6) is -1.25. The zero-order valence-electron chi connectivity index (χ0n) is 22.9. The van der Waals surface area contributed by atoms with Gasteiger partial charge in [-0.25, -0.2) is 8.42 Å². The second-order valence-corrected chi connectivity index (χ2v) is 12.9. The standard InChI is InChI=1S/C28H30Cl2N4O6S/c1-19(27(36)31-28(2,3)4)32(17-23-24(29)14-9-15-25(23)30)26(35)18-33(20-10-8-11-21(16-20)34(37)38)41(39,40)22-12-6-5-7-13-22/h5-16,19H,17-18H2,1-4H3,(H,31,36). The number of nitro benzene ring substituents is 1. The lowest BCUT2D eigenvalue weighted by atomic mass is 10.1. The first kappa shape index (κ1) is 31.9. The molecule has 3 aromatic carbocycles. The van der Waals surface area contributed by atoms with Crippen molar-refractivity contribution in [1.29, 1.82) is 0 Å². The SMILES string of the molecule is CC(C(=O)NC(C)(C)C)N(Cc1c(Cl)cccc1Cl)C(=O)CN(c1cccc([N+](=O)[O-])c1)S(=O)(=O)c1ccccc1. The van der Waals surface area contributed by atoms with E-state index in [1.807, 2.05) is 0 Å². The molecule has 0 spiro atoms. The molecule has 218 valence electrons. The Hall–Kier alpha value is -3.67. The third-order valence-electron chi connectivity index (χ3n) is 5.99. The van der Waals surface area contributed by atoms with E-state index in [0.717, 1.165) is 10.4 Å². The normalized spacial score (nSPS) is 12.3. The molecule has 3 rings (SSSR count). The highest BCUT2D eigenvalue weighted by Crippen LogP contribution is 2.29. The van der Waals surface area contributed by atoms with E-state index in [4.69, 9.17) is 23.2 Å². The summed E-state index contributed by atoms with van der Waals surface area (Å²) < 4.78 is 28.4. The number of sulfonamides is 1. The van der Waals surface area contributed by atoms with Crippen LogP contribution in [0.1, 0.15) is 33.3 Å². The number of carbonyl (C=O) groups excluding carboxylic acids is 2. The van der Waals surface area contributed by atoms with Crippen LogP contribution in [0.2, 0.25) is 10.0 Å². The van der Waals surface area contributed by atoms with Crippen LogP contribution in [0, 0.1) is 10.1 Å². The van der Waals surface area contributed by atoms with Crippen molar-refractivity contribution >= 4 is 56.4 Å². The van der Waals surface area contributed by atoms with E-state index in [-0.39, 0.29) is 32.9 Å². The van der Waals surface area contributed by atoms with Crippen LogP contribution in [0.5, 0.6) is 0 Å². The number of halogens is 2. The van der Waals surface area contributed by atoms with E-state index in [9.17, 15) is 28.1 Å². The van der Waals surface area contributed by atoms with Gasteiger partial charge in [0.1, 0.15) is 12.6 Å². The van der Waals surface area contributed by atoms with Crippen LogP contribution in [-0.2, 0) is 26.2 Å². The summed E-state index contributed by atoms with van der Waals surface area (Å²) in [5, 5.41) is 14.8. The first-order valence-corrected chi connectivity index (χ1v) is 14.7. The quantitative estimate of drug-likeness (QED) is 0.238. The van der Waals surface area contributed by atoms with Crippen LogP contribution in [0.25, 0.3) is 0 Å². The summed E-state index contributed by atoms with van der Waals surface area (Å²) in [5.41, 5.74) is -0.708. The maximum atomic E-state index is 14.0. The number of hydrogen-bond acceptors (Lipinski definition) is 6. The minimum absolute atomic E-state index is 0.0982. The number of nitro groups is 1. The Balaban J connectivity index is 2.11. The molecule has 0 saturated carbocycles. The lowest BCUT2D eigenvalue weighted by Crippen LogP contribution is -2.54. The molecule has 1 atom stereocenters. The molecule has 0 bridgehead atoms. The zero-order valence-corrected chi connectivity index (χ0v) is 25.2. The van der Waals surface area contributed by atoms with Crippen molar-refractivity contribution in [3.8, 4) is 0 Å². The average molecular weight is 622 g/mol. The highest BCUT2D eigenvalue weighted by Gasteiger charge is 2.34. The first-order valence-electron chi connectivity index (χ1n) is 12.5. The van der Waals surface area contributed by atoms with Crippen molar-refractivity contribution < 1.29 is 22.9 Å². The van der Waals surface area contributed by atoms with Gasteiger partial charge >= 0.3 is 0 Å². The van der Waals surface area contributed by atoms with Gasteiger partial charge in [0, 0.05) is 39.8 Å². The van der Waals surface area contributed by atoms with Crippen molar-refractivity contribution in [1.82, 2.24) is 10.2 Å². The Labute approximate surface area is 249 Å². The van der Waals surface area contributed by atoms with Crippen LogP contribution in [-0.4, -0.2) is 48.2 Å². The summed E-state index contributed by atoms with van der Waals surface area (Å²) in [4.78, 5) is 39.0. The van der Waals surface area contributed by atoms with E-state index in [1.165, 1.54) is 54.3 Å². The largest absolute Gasteiger partial charge is 0.350 e. The van der Waals surface area contributed by atoms with Crippen LogP contribution >= 0.6 is 23.2 Å². The number of benzene rings is 3. The molecule has 3 aromatic rings. The minimum Gasteiger partial charge on any atom is -0.350 e. The predicted molar refractivity (Wildman–Crippen MR) is 158 cm³/mol. The molecule has 13 heteroatoms. The van der Waals surface area contributed by atoms with Crippen molar-refractivity contribution in [2.75, 3.05) is 10.8 Å². The van der Waals surface area contributed by atoms with Gasteiger partial charge < -0.3 is 10.2 Å². The molecule has 0 heterocycles. The molecular weight excluding hydrogens is 591 g/mol. The molecule has 0 aliphatic carbocycles. The molecule has 0 aliphatic rings. The van der Waals surface area contributed by atoms with Crippen molar-refractivity contribution in [2.24, 2.45) is 0 Å². The monoisotopic (exact) mass is 620 g/mol. The minimum atomic E-state index is -4.38. The number of carbonyl (C=O) groups is 2. The maximum Gasteiger partial charge on any atom is 0.271 e. The summed E-state index contributed by atoms with van der Waals surface area (Å²) >= 11 is 12.8. The Kier molecular flexibility index (Phi) is 10.0. The van der Waals surface area contributed by atoms with Gasteiger partial charge in [-0.15, -0.1) is 0 Å². The summed E-state index contributed by atoms with van der Waals surface area (Å²) in [6.07, 6.45) is 0. The Morgan fingerprint density at radius 3 is 2.12 bits per heavy atom. The van der Waals surface area contributed by atoms with Gasteiger partial charge in [-0.2, -0.15) is 0 Å². The molecule has 2 amide bonds. The molecular formula is C28H30Cl2N4O6S. The number of amides is 2. The zero-order chi connectivity index (χ0) is 30.5. The predicted octanol–water partition coefficient (Wildman–Crippen LogP) is 5.43. The smallest absolute Gasteiger partial charge is 0.271 e. The van der Waals surface area contributed by atoms with Crippen molar-refractivity contribution in [3.63, 3.8) is 0 Å². The molecule has 0 fully saturated rings. The molecule has 0 aliphatic heterocycles. The van der Waals surface area contributed by atoms with Crippen LogP contribution < -0.4 is 9.62 Å². The topological polar surface area (TPSA) is 130 Å². The fraction of sp³-hybridized carbons (Fsp3) is 0.286. The number of rotatable bonds is 10. The second kappa shape index (κ2) is 12.9. The lowest BCUT2D eigenvalue weighted by Gasteiger charge is -2.33. The van der Waals surface area contributed by atoms with Gasteiger partial charge in [-0.05, 0) is 58.0 Å². The molecule has 10 nitrogen and oxygen atoms in total. The van der Waals surface area contributed by atoms with Crippen molar-refractivity contribution in [2.45, 2.75) is 50.7 Å². The molecule has 0 radical (unpaired) electrons. The van der Waals surface area contributed by atoms with Gasteiger partial charge in [0.05, 0.1) is 15.5 Å². The van der Waals surface area contributed by atoms with Gasteiger partial charge in [0.15, 0.2) is 0 Å². The third-order valence-corrected chi connectivity index (χ3v) is 8.49. The number of nitrogens with one attached hydrogen (secondary N) is 1. The number of hydrogen-bond donors (Lipinski definition) is 1. The summed E-state index contributed by atoms with van der Waals surface area (Å²) in [7, 11) is -4.38. The molecule has 1 N–H and O–H groups in total. The highest BCUT2D eigenvalue weighted by atomic mass is 35.5.